The van der Waals surface area contributed by atoms with Crippen LogP contribution >= 0.6 is 0 Å². The van der Waals surface area contributed by atoms with Gasteiger partial charge in [0, 0.05) is 40.5 Å². The number of β-amino-alcohol motifs (C(OH)–C–C–N with tert-alkyl or cyclic N) is 1. The number of hydrogen-bond acceptors (Lipinski definition) is 6. The Bertz CT molecular complexity index is 1330. The van der Waals surface area contributed by atoms with E-state index in [9.17, 15) is 23.1 Å². The van der Waals surface area contributed by atoms with E-state index in [1.807, 2.05) is 0 Å². The third kappa shape index (κ3) is 5.44. The van der Waals surface area contributed by atoms with Crippen molar-refractivity contribution in [3.63, 3.8) is 0 Å². The Morgan fingerprint density at radius 3 is 2.57 bits per heavy atom. The number of ether oxygens (including phenoxy) is 2. The van der Waals surface area contributed by atoms with Gasteiger partial charge in [-0.3, -0.25) is 4.98 Å². The summed E-state index contributed by atoms with van der Waals surface area (Å²) in [7, 11) is 1.48. The second-order valence-corrected chi connectivity index (χ2v) is 10.2. The highest BCUT2D eigenvalue weighted by Gasteiger charge is 2.48. The summed E-state index contributed by atoms with van der Waals surface area (Å²) in [5.74, 6) is -0.549. The van der Waals surface area contributed by atoms with Crippen molar-refractivity contribution in [1.82, 2.24) is 9.88 Å². The Morgan fingerprint density at radius 2 is 1.95 bits per heavy atom. The fraction of sp³-hybridized carbons (Fsp3) is 0.407. The van der Waals surface area contributed by atoms with Crippen molar-refractivity contribution in [3.05, 3.63) is 64.6 Å². The Kier molecular flexibility index (Phi) is 6.98. The Labute approximate surface area is 213 Å². The van der Waals surface area contributed by atoms with Gasteiger partial charge in [-0.25, -0.2) is 18.0 Å². The first kappa shape index (κ1) is 26.5. The molecule has 1 aliphatic heterocycles. The van der Waals surface area contributed by atoms with E-state index in [4.69, 9.17) is 9.47 Å². The van der Waals surface area contributed by atoms with E-state index >= 15 is 0 Å². The maximum absolute atomic E-state index is 14.6. The average Bonchev–Trinajstić information content (AvgIpc) is 2.78. The molecule has 2 heterocycles. The van der Waals surface area contributed by atoms with E-state index in [1.54, 1.807) is 45.9 Å². The molecule has 1 aromatic heterocycles. The summed E-state index contributed by atoms with van der Waals surface area (Å²) in [4.78, 5) is 18.3. The lowest BCUT2D eigenvalue weighted by atomic mass is 9.84. The lowest BCUT2D eigenvalue weighted by Gasteiger charge is -2.46. The first-order valence-electron chi connectivity index (χ1n) is 11.8. The lowest BCUT2D eigenvalue weighted by Crippen LogP contribution is -2.62. The van der Waals surface area contributed by atoms with E-state index in [2.05, 4.69) is 10.3 Å². The zero-order valence-corrected chi connectivity index (χ0v) is 21.4. The maximum atomic E-state index is 14.6. The van der Waals surface area contributed by atoms with Crippen LogP contribution in [0.5, 0.6) is 5.75 Å². The number of carbonyl (C=O) groups excluding carboxylic acids is 1. The molecule has 2 aromatic carbocycles. The van der Waals surface area contributed by atoms with Crippen molar-refractivity contribution in [3.8, 4) is 5.75 Å². The molecular formula is C27H30F3N3O4. The number of pyridine rings is 1. The topological polar surface area (TPSA) is 83.9 Å². The number of carbonyl (C=O) groups is 1. The number of aromatic nitrogens is 1. The van der Waals surface area contributed by atoms with Crippen LogP contribution in [-0.4, -0.2) is 46.9 Å². The molecule has 1 fully saturated rings. The zero-order valence-electron chi connectivity index (χ0n) is 21.4. The number of alkyl halides is 2. The molecule has 1 amide bonds. The first-order valence-corrected chi connectivity index (χ1v) is 11.8. The largest absolute Gasteiger partial charge is 0.496 e. The number of hydrogen-bond donors (Lipinski definition) is 2. The van der Waals surface area contributed by atoms with Crippen LogP contribution in [0.15, 0.2) is 36.4 Å². The molecule has 0 bridgehead atoms. The van der Waals surface area contributed by atoms with E-state index in [0.717, 1.165) is 6.07 Å². The average molecular weight is 518 g/mol. The van der Waals surface area contributed by atoms with E-state index in [1.165, 1.54) is 24.1 Å². The standard InChI is InChI=1S/C27H30F3N3O4/c1-15-9-20(31-12-16-7-6-8-17(23(16)28)24(29)30)18-10-19(22(36-5)11-21(18)32-15)27(35)13-33(14-27)25(34)37-26(2,3)4/h6-11,24,35H,12-14H2,1-5H3,(H,31,32). The van der Waals surface area contributed by atoms with Gasteiger partial charge < -0.3 is 24.8 Å². The second kappa shape index (κ2) is 9.74. The molecule has 0 atom stereocenters. The van der Waals surface area contributed by atoms with Gasteiger partial charge in [-0.2, -0.15) is 0 Å². The molecule has 1 saturated heterocycles. The Hall–Kier alpha value is -3.53. The Morgan fingerprint density at radius 1 is 1.24 bits per heavy atom. The zero-order chi connectivity index (χ0) is 27.1. The highest BCUT2D eigenvalue weighted by atomic mass is 19.3. The van der Waals surface area contributed by atoms with E-state index in [-0.39, 0.29) is 25.2 Å². The fourth-order valence-corrected chi connectivity index (χ4v) is 4.37. The third-order valence-corrected chi connectivity index (χ3v) is 6.13. The number of benzene rings is 2. The van der Waals surface area contributed by atoms with Gasteiger partial charge in [0.15, 0.2) is 0 Å². The number of fused-ring (bicyclic) bond motifs is 1. The molecular weight excluding hydrogens is 487 g/mol. The van der Waals surface area contributed by atoms with Crippen molar-refractivity contribution in [2.45, 2.75) is 51.9 Å². The van der Waals surface area contributed by atoms with Crippen molar-refractivity contribution in [2.75, 3.05) is 25.5 Å². The Balaban J connectivity index is 1.65. The van der Waals surface area contributed by atoms with E-state index in [0.29, 0.717) is 33.6 Å². The van der Waals surface area contributed by atoms with Crippen LogP contribution in [0.1, 0.15) is 49.6 Å². The number of methoxy groups -OCH3 is 1. The molecule has 198 valence electrons. The van der Waals surface area contributed by atoms with Gasteiger partial charge in [-0.15, -0.1) is 0 Å². The molecule has 0 saturated carbocycles. The summed E-state index contributed by atoms with van der Waals surface area (Å²) >= 11 is 0. The van der Waals surface area contributed by atoms with Crippen LogP contribution in [0.3, 0.4) is 0 Å². The summed E-state index contributed by atoms with van der Waals surface area (Å²) in [6, 6.07) is 9.07. The number of anilines is 1. The maximum Gasteiger partial charge on any atom is 0.410 e. The molecule has 4 rings (SSSR count). The molecule has 7 nitrogen and oxygen atoms in total. The smallest absolute Gasteiger partial charge is 0.410 e. The highest BCUT2D eigenvalue weighted by Crippen LogP contribution is 2.41. The van der Waals surface area contributed by atoms with Crippen molar-refractivity contribution < 1.29 is 32.5 Å². The van der Waals surface area contributed by atoms with Crippen molar-refractivity contribution in [2.24, 2.45) is 0 Å². The van der Waals surface area contributed by atoms with Gasteiger partial charge in [0.05, 0.1) is 31.3 Å². The van der Waals surface area contributed by atoms with Gasteiger partial charge in [-0.05, 0) is 39.8 Å². The van der Waals surface area contributed by atoms with Crippen LogP contribution in [0.25, 0.3) is 10.9 Å². The minimum absolute atomic E-state index is 0.0114. The lowest BCUT2D eigenvalue weighted by molar-refractivity contribution is -0.104. The second-order valence-electron chi connectivity index (χ2n) is 10.2. The number of halogens is 3. The third-order valence-electron chi connectivity index (χ3n) is 6.13. The van der Waals surface area contributed by atoms with Crippen LogP contribution in [0.4, 0.5) is 23.7 Å². The first-order chi connectivity index (χ1) is 17.3. The molecule has 37 heavy (non-hydrogen) atoms. The van der Waals surface area contributed by atoms with Crippen molar-refractivity contribution in [1.29, 1.82) is 0 Å². The molecule has 1 aliphatic rings. The van der Waals surface area contributed by atoms with E-state index < -0.39 is 35.1 Å². The number of likely N-dealkylation sites (tertiary alicyclic amines) is 1. The van der Waals surface area contributed by atoms with Crippen molar-refractivity contribution >= 4 is 22.7 Å². The predicted molar refractivity (Wildman–Crippen MR) is 133 cm³/mol. The number of amides is 1. The molecule has 0 unspecified atom stereocenters. The molecule has 0 aliphatic carbocycles. The molecule has 0 spiro atoms. The molecule has 3 aromatic rings. The predicted octanol–water partition coefficient (Wildman–Crippen LogP) is 5.68. The monoisotopic (exact) mass is 517 g/mol. The number of nitrogens with one attached hydrogen (secondary N) is 1. The number of nitrogens with zero attached hydrogens (tertiary/aromatic N) is 2. The number of rotatable bonds is 6. The van der Waals surface area contributed by atoms with Crippen LogP contribution in [0, 0.1) is 12.7 Å². The quantitative estimate of drug-likeness (QED) is 0.438. The summed E-state index contributed by atoms with van der Waals surface area (Å²) in [5, 5.41) is 15.1. The van der Waals surface area contributed by atoms with Gasteiger partial charge in [-0.1, -0.05) is 18.2 Å². The molecule has 2 N–H and O–H groups in total. The van der Waals surface area contributed by atoms with Gasteiger partial charge in [0.25, 0.3) is 6.43 Å². The highest BCUT2D eigenvalue weighted by molar-refractivity contribution is 5.93. The SMILES string of the molecule is COc1cc2nc(C)cc(NCc3cccc(C(F)F)c3F)c2cc1C1(O)CN(C(=O)OC(C)(C)C)C1. The fourth-order valence-electron chi connectivity index (χ4n) is 4.37. The minimum atomic E-state index is -2.91. The molecule has 10 heteroatoms. The summed E-state index contributed by atoms with van der Waals surface area (Å²) in [5.41, 5.74) is -0.312. The molecule has 0 radical (unpaired) electrons. The summed E-state index contributed by atoms with van der Waals surface area (Å²) < 4.78 is 51.7. The number of aryl methyl sites for hydroxylation is 1. The van der Waals surface area contributed by atoms with Gasteiger partial charge in [0.2, 0.25) is 0 Å². The minimum Gasteiger partial charge on any atom is -0.496 e. The summed E-state index contributed by atoms with van der Waals surface area (Å²) in [6.07, 6.45) is -3.44. The summed E-state index contributed by atoms with van der Waals surface area (Å²) in [6.45, 7) is 7.08. The van der Waals surface area contributed by atoms with Crippen LogP contribution in [-0.2, 0) is 16.9 Å². The van der Waals surface area contributed by atoms with Crippen LogP contribution in [0.2, 0.25) is 0 Å². The van der Waals surface area contributed by atoms with Gasteiger partial charge >= 0.3 is 6.09 Å². The normalized spacial score (nSPS) is 15.0. The van der Waals surface area contributed by atoms with Gasteiger partial charge in [0.1, 0.15) is 22.8 Å². The van der Waals surface area contributed by atoms with Crippen LogP contribution < -0.4 is 10.1 Å². The number of aliphatic hydroxyl groups is 1.